The molecule has 16 heavy (non-hydrogen) atoms. The third-order valence-electron chi connectivity index (χ3n) is 2.19. The fourth-order valence-corrected chi connectivity index (χ4v) is 1.79. The molecule has 2 N–H and O–H groups in total. The van der Waals surface area contributed by atoms with E-state index in [4.69, 9.17) is 12.2 Å². The highest BCUT2D eigenvalue weighted by Crippen LogP contribution is 2.17. The molecule has 1 aliphatic heterocycles. The van der Waals surface area contributed by atoms with E-state index in [1.54, 1.807) is 12.1 Å². The van der Waals surface area contributed by atoms with Gasteiger partial charge in [0.1, 0.15) is 0 Å². The maximum atomic E-state index is 11.9. The van der Waals surface area contributed by atoms with Crippen LogP contribution in [0.4, 0.5) is 5.69 Å². The molecule has 6 heteroatoms. The summed E-state index contributed by atoms with van der Waals surface area (Å²) in [7, 11) is 0. The average Bonchev–Trinajstić information content (AvgIpc) is 2.56. The smallest absolute Gasteiger partial charge is 0.276 e. The molecule has 2 amide bonds. The first-order chi connectivity index (χ1) is 7.74. The van der Waals surface area contributed by atoms with Gasteiger partial charge in [-0.3, -0.25) is 14.5 Å². The second kappa shape index (κ2) is 4.28. The van der Waals surface area contributed by atoms with Gasteiger partial charge in [-0.15, -0.1) is 0 Å². The molecule has 1 atom stereocenters. The summed E-state index contributed by atoms with van der Waals surface area (Å²) in [6.07, 6.45) is -0.308. The second-order valence-corrected chi connectivity index (χ2v) is 3.56. The van der Waals surface area contributed by atoms with Crippen LogP contribution in [0.25, 0.3) is 0 Å². The highest BCUT2D eigenvalue weighted by molar-refractivity contribution is 7.80. The van der Waals surface area contributed by atoms with Gasteiger partial charge in [-0.1, -0.05) is 18.2 Å². The lowest BCUT2D eigenvalue weighted by molar-refractivity contribution is -0.121. The van der Waals surface area contributed by atoms with Crippen LogP contribution in [0.3, 0.4) is 0 Å². The van der Waals surface area contributed by atoms with Gasteiger partial charge >= 0.3 is 0 Å². The summed E-state index contributed by atoms with van der Waals surface area (Å²) in [5, 5.41) is 5.36. The van der Waals surface area contributed by atoms with Crippen molar-refractivity contribution in [2.45, 2.75) is 6.17 Å². The Balaban J connectivity index is 2.26. The minimum absolute atomic E-state index is 0.288. The predicted molar refractivity (Wildman–Crippen MR) is 62.6 cm³/mol. The molecule has 1 saturated heterocycles. The molecule has 82 valence electrons. The molecule has 0 spiro atoms. The molecule has 0 aliphatic carbocycles. The van der Waals surface area contributed by atoms with Crippen LogP contribution in [0, 0.1) is 0 Å². The van der Waals surface area contributed by atoms with Crippen molar-refractivity contribution in [2.75, 3.05) is 4.90 Å². The lowest BCUT2D eigenvalue weighted by Gasteiger charge is -2.13. The number of benzene rings is 1. The Morgan fingerprint density at radius 2 is 2.06 bits per heavy atom. The Kier molecular flexibility index (Phi) is 2.82. The molecular formula is C10H9N3O2S. The number of nitrogens with zero attached hydrogens (tertiary/aromatic N) is 1. The van der Waals surface area contributed by atoms with Crippen molar-refractivity contribution >= 4 is 35.3 Å². The summed E-state index contributed by atoms with van der Waals surface area (Å²) in [5.74, 6) is -0.289. The number of carbonyl (C=O) groups is 2. The highest BCUT2D eigenvalue weighted by Gasteiger charge is 2.35. The van der Waals surface area contributed by atoms with Crippen molar-refractivity contribution in [1.82, 2.24) is 10.6 Å². The minimum atomic E-state index is -0.773. The van der Waals surface area contributed by atoms with E-state index >= 15 is 0 Å². The van der Waals surface area contributed by atoms with Crippen molar-refractivity contribution in [3.63, 3.8) is 0 Å². The third-order valence-corrected chi connectivity index (χ3v) is 2.49. The van der Waals surface area contributed by atoms with Crippen molar-refractivity contribution in [2.24, 2.45) is 0 Å². The van der Waals surface area contributed by atoms with E-state index in [9.17, 15) is 9.59 Å². The molecule has 1 unspecified atom stereocenters. The fourth-order valence-electron chi connectivity index (χ4n) is 1.48. The maximum Gasteiger partial charge on any atom is 0.276 e. The first-order valence-electron chi connectivity index (χ1n) is 4.63. The Hall–Kier alpha value is -1.95. The predicted octanol–water partition coefficient (Wildman–Crippen LogP) is -0.0202. The largest absolute Gasteiger partial charge is 0.334 e. The molecule has 2 rings (SSSR count). The zero-order valence-corrected chi connectivity index (χ0v) is 9.03. The van der Waals surface area contributed by atoms with E-state index in [0.717, 1.165) is 0 Å². The molecule has 0 aromatic heterocycles. The number of nitrogens with one attached hydrogen (secondary N) is 2. The lowest BCUT2D eigenvalue weighted by Crippen LogP contribution is -2.42. The number of para-hydroxylation sites is 1. The number of thiocarbonyl (C=S) groups is 1. The Bertz CT molecular complexity index is 435. The molecule has 5 nitrogen and oxygen atoms in total. The zero-order valence-electron chi connectivity index (χ0n) is 8.21. The topological polar surface area (TPSA) is 61.4 Å². The first kappa shape index (κ1) is 10.6. The molecule has 1 aromatic rings. The van der Waals surface area contributed by atoms with E-state index in [2.05, 4.69) is 10.6 Å². The molecule has 1 heterocycles. The van der Waals surface area contributed by atoms with Crippen LogP contribution in [0.15, 0.2) is 30.3 Å². The Morgan fingerprint density at radius 3 is 2.69 bits per heavy atom. The van der Waals surface area contributed by atoms with Gasteiger partial charge in [0.05, 0.1) is 5.69 Å². The van der Waals surface area contributed by atoms with Crippen molar-refractivity contribution < 1.29 is 9.59 Å². The number of rotatable bonds is 3. The minimum Gasteiger partial charge on any atom is -0.334 e. The van der Waals surface area contributed by atoms with Crippen LogP contribution in [0.5, 0.6) is 0 Å². The van der Waals surface area contributed by atoms with E-state index in [0.29, 0.717) is 12.1 Å². The van der Waals surface area contributed by atoms with Crippen LogP contribution in [0.2, 0.25) is 0 Å². The summed E-state index contributed by atoms with van der Waals surface area (Å²) in [6.45, 7) is 0. The van der Waals surface area contributed by atoms with Gasteiger partial charge in [-0.05, 0) is 24.4 Å². The van der Waals surface area contributed by atoms with Crippen molar-refractivity contribution in [1.29, 1.82) is 0 Å². The van der Waals surface area contributed by atoms with Crippen LogP contribution in [-0.2, 0) is 9.59 Å². The Labute approximate surface area is 97.4 Å². The number of hydrogen-bond acceptors (Lipinski definition) is 3. The SMILES string of the molecule is O=CNC1NC(=S)N(c2ccccc2)C1=O. The van der Waals surface area contributed by atoms with Gasteiger partial charge in [-0.2, -0.15) is 0 Å². The summed E-state index contributed by atoms with van der Waals surface area (Å²) in [5.41, 5.74) is 0.681. The summed E-state index contributed by atoms with van der Waals surface area (Å²) in [4.78, 5) is 23.5. The average molecular weight is 235 g/mol. The van der Waals surface area contributed by atoms with Crippen LogP contribution >= 0.6 is 12.2 Å². The molecule has 0 saturated carbocycles. The van der Waals surface area contributed by atoms with Gasteiger partial charge in [0.2, 0.25) is 6.41 Å². The molecule has 0 radical (unpaired) electrons. The number of hydrogen-bond donors (Lipinski definition) is 2. The highest BCUT2D eigenvalue weighted by atomic mass is 32.1. The molecule has 1 aromatic carbocycles. The van der Waals surface area contributed by atoms with Gasteiger partial charge in [0.25, 0.3) is 5.91 Å². The summed E-state index contributed by atoms with van der Waals surface area (Å²) in [6, 6.07) is 9.02. The van der Waals surface area contributed by atoms with Crippen LogP contribution in [0.1, 0.15) is 0 Å². The molecule has 0 bridgehead atoms. The van der Waals surface area contributed by atoms with E-state index < -0.39 is 6.17 Å². The van der Waals surface area contributed by atoms with Crippen LogP contribution in [-0.4, -0.2) is 23.6 Å². The number of anilines is 1. The van der Waals surface area contributed by atoms with Gasteiger partial charge in [0, 0.05) is 0 Å². The van der Waals surface area contributed by atoms with E-state index in [1.807, 2.05) is 18.2 Å². The summed E-state index contributed by atoms with van der Waals surface area (Å²) < 4.78 is 0. The fraction of sp³-hybridized carbons (Fsp3) is 0.100. The number of amides is 2. The molecule has 1 fully saturated rings. The van der Waals surface area contributed by atoms with Gasteiger partial charge in [0.15, 0.2) is 11.3 Å². The number of carbonyl (C=O) groups excluding carboxylic acids is 2. The van der Waals surface area contributed by atoms with E-state index in [1.165, 1.54) is 4.90 Å². The van der Waals surface area contributed by atoms with Gasteiger partial charge < -0.3 is 10.6 Å². The normalized spacial score (nSPS) is 19.5. The third kappa shape index (κ3) is 1.74. The quantitative estimate of drug-likeness (QED) is 0.571. The monoisotopic (exact) mass is 235 g/mol. The summed E-state index contributed by atoms with van der Waals surface area (Å²) >= 11 is 5.03. The zero-order chi connectivity index (χ0) is 11.5. The first-order valence-corrected chi connectivity index (χ1v) is 5.04. The lowest BCUT2D eigenvalue weighted by atomic mass is 10.3. The molecule has 1 aliphatic rings. The van der Waals surface area contributed by atoms with Gasteiger partial charge in [-0.25, -0.2) is 0 Å². The maximum absolute atomic E-state index is 11.9. The second-order valence-electron chi connectivity index (χ2n) is 3.18. The molecular weight excluding hydrogens is 226 g/mol. The van der Waals surface area contributed by atoms with Crippen molar-refractivity contribution in [3.05, 3.63) is 30.3 Å². The van der Waals surface area contributed by atoms with E-state index in [-0.39, 0.29) is 11.0 Å². The Morgan fingerprint density at radius 1 is 1.38 bits per heavy atom. The standard InChI is InChI=1S/C10H9N3O2S/c14-6-11-8-9(15)13(10(16)12-8)7-4-2-1-3-5-7/h1-6,8H,(H,11,14)(H,12,16). The van der Waals surface area contributed by atoms with Crippen LogP contribution < -0.4 is 15.5 Å². The van der Waals surface area contributed by atoms with Crippen molar-refractivity contribution in [3.8, 4) is 0 Å².